The van der Waals surface area contributed by atoms with Crippen molar-refractivity contribution in [1.82, 2.24) is 4.98 Å². The van der Waals surface area contributed by atoms with Crippen molar-refractivity contribution in [3.05, 3.63) is 16.1 Å². The molecule has 0 N–H and O–H groups in total. The van der Waals surface area contributed by atoms with Crippen molar-refractivity contribution in [2.45, 2.75) is 65.2 Å². The summed E-state index contributed by atoms with van der Waals surface area (Å²) in [5.41, 5.74) is 1.33. The van der Waals surface area contributed by atoms with E-state index in [4.69, 9.17) is 4.98 Å². The maximum atomic E-state index is 4.81. The monoisotopic (exact) mass is 225 g/mol. The largest absolute Gasteiger partial charge is 0.246 e. The molecule has 0 aliphatic heterocycles. The highest BCUT2D eigenvalue weighted by Gasteiger charge is 2.15. The predicted molar refractivity (Wildman–Crippen MR) is 68.8 cm³/mol. The van der Waals surface area contributed by atoms with E-state index < -0.39 is 0 Å². The average molecular weight is 225 g/mol. The molecule has 15 heavy (non-hydrogen) atoms. The van der Waals surface area contributed by atoms with Gasteiger partial charge in [0.15, 0.2) is 0 Å². The van der Waals surface area contributed by atoms with E-state index in [0.29, 0.717) is 11.8 Å². The van der Waals surface area contributed by atoms with Gasteiger partial charge in [-0.3, -0.25) is 0 Å². The highest BCUT2D eigenvalue weighted by molar-refractivity contribution is 7.09. The molecule has 1 heterocycles. The summed E-state index contributed by atoms with van der Waals surface area (Å²) in [6, 6.07) is 0. The van der Waals surface area contributed by atoms with E-state index in [0.717, 1.165) is 0 Å². The molecule has 0 aliphatic rings. The van der Waals surface area contributed by atoms with Gasteiger partial charge in [-0.15, -0.1) is 11.3 Å². The molecule has 1 aromatic rings. The third kappa shape index (κ3) is 3.04. The first-order valence-corrected chi connectivity index (χ1v) is 7.09. The summed E-state index contributed by atoms with van der Waals surface area (Å²) in [7, 11) is 0. The molecule has 0 spiro atoms. The van der Waals surface area contributed by atoms with Gasteiger partial charge < -0.3 is 0 Å². The van der Waals surface area contributed by atoms with E-state index in [-0.39, 0.29) is 0 Å². The van der Waals surface area contributed by atoms with Crippen molar-refractivity contribution in [1.29, 1.82) is 0 Å². The Morgan fingerprint density at radius 2 is 1.53 bits per heavy atom. The lowest BCUT2D eigenvalue weighted by Crippen LogP contribution is -1.99. The molecule has 1 nitrogen and oxygen atoms in total. The molecule has 1 rings (SSSR count). The molecule has 0 bridgehead atoms. The van der Waals surface area contributed by atoms with Gasteiger partial charge in [0, 0.05) is 17.2 Å². The van der Waals surface area contributed by atoms with Crippen molar-refractivity contribution >= 4 is 11.3 Å². The van der Waals surface area contributed by atoms with Gasteiger partial charge in [-0.05, 0) is 25.7 Å². The third-order valence-corrected chi connectivity index (χ3v) is 4.30. The number of nitrogens with zero attached hydrogens (tertiary/aromatic N) is 1. The zero-order valence-corrected chi connectivity index (χ0v) is 11.2. The van der Waals surface area contributed by atoms with Crippen LogP contribution in [0.4, 0.5) is 0 Å². The average Bonchev–Trinajstić information content (AvgIpc) is 2.71. The highest BCUT2D eigenvalue weighted by Crippen LogP contribution is 2.30. The second-order valence-electron chi connectivity index (χ2n) is 4.14. The maximum absolute atomic E-state index is 4.81. The second-order valence-corrected chi connectivity index (χ2v) is 5.03. The lowest BCUT2D eigenvalue weighted by molar-refractivity contribution is 0.605. The molecule has 0 aliphatic carbocycles. The number of hydrogen-bond donors (Lipinski definition) is 0. The van der Waals surface area contributed by atoms with Crippen molar-refractivity contribution in [3.8, 4) is 0 Å². The molecular formula is C13H23NS. The Kier molecular flexibility index (Phi) is 5.30. The molecule has 0 unspecified atom stereocenters. The van der Waals surface area contributed by atoms with Crippen LogP contribution in [0.5, 0.6) is 0 Å². The van der Waals surface area contributed by atoms with Gasteiger partial charge >= 0.3 is 0 Å². The van der Waals surface area contributed by atoms with Gasteiger partial charge in [0.25, 0.3) is 0 Å². The minimum absolute atomic E-state index is 0.671. The Labute approximate surface area is 97.9 Å². The standard InChI is InChI=1S/C13H23NS/c1-5-10(6-2)12-9-15-13(14-12)11(7-3)8-4/h9-11H,5-8H2,1-4H3. The fourth-order valence-corrected chi connectivity index (χ4v) is 3.19. The lowest BCUT2D eigenvalue weighted by atomic mass is 10.0. The summed E-state index contributed by atoms with van der Waals surface area (Å²) in [6.45, 7) is 9.02. The van der Waals surface area contributed by atoms with E-state index in [1.807, 2.05) is 11.3 Å². The van der Waals surface area contributed by atoms with Crippen molar-refractivity contribution < 1.29 is 0 Å². The molecule has 0 radical (unpaired) electrons. The van der Waals surface area contributed by atoms with Crippen LogP contribution in [-0.4, -0.2) is 4.98 Å². The van der Waals surface area contributed by atoms with Crippen LogP contribution < -0.4 is 0 Å². The Morgan fingerprint density at radius 3 is 2.00 bits per heavy atom. The second kappa shape index (κ2) is 6.26. The zero-order chi connectivity index (χ0) is 11.3. The normalized spacial score (nSPS) is 11.6. The van der Waals surface area contributed by atoms with Crippen molar-refractivity contribution in [2.75, 3.05) is 0 Å². The molecule has 0 amide bonds. The predicted octanol–water partition coefficient (Wildman–Crippen LogP) is 4.95. The summed E-state index contributed by atoms with van der Waals surface area (Å²) in [4.78, 5) is 4.81. The highest BCUT2D eigenvalue weighted by atomic mass is 32.1. The molecule has 2 heteroatoms. The van der Waals surface area contributed by atoms with Crippen LogP contribution in [0.2, 0.25) is 0 Å². The molecule has 0 fully saturated rings. The van der Waals surface area contributed by atoms with Gasteiger partial charge in [0.2, 0.25) is 0 Å². The third-order valence-electron chi connectivity index (χ3n) is 3.28. The zero-order valence-electron chi connectivity index (χ0n) is 10.4. The minimum Gasteiger partial charge on any atom is -0.246 e. The first-order valence-electron chi connectivity index (χ1n) is 6.21. The van der Waals surface area contributed by atoms with Crippen LogP contribution in [0.25, 0.3) is 0 Å². The van der Waals surface area contributed by atoms with E-state index in [1.165, 1.54) is 36.4 Å². The molecule has 0 atom stereocenters. The topological polar surface area (TPSA) is 12.9 Å². The first kappa shape index (κ1) is 12.7. The van der Waals surface area contributed by atoms with Gasteiger partial charge in [0.05, 0.1) is 10.7 Å². The fourth-order valence-electron chi connectivity index (χ4n) is 2.02. The summed E-state index contributed by atoms with van der Waals surface area (Å²) in [5.74, 6) is 1.35. The Balaban J connectivity index is 2.78. The minimum atomic E-state index is 0.671. The van der Waals surface area contributed by atoms with Gasteiger partial charge in [-0.1, -0.05) is 27.7 Å². The maximum Gasteiger partial charge on any atom is 0.0959 e. The Bertz CT molecular complexity index is 245. The van der Waals surface area contributed by atoms with Gasteiger partial charge in [-0.25, -0.2) is 4.98 Å². The number of hydrogen-bond acceptors (Lipinski definition) is 2. The summed E-state index contributed by atoms with van der Waals surface area (Å²) in [5, 5.41) is 3.62. The van der Waals surface area contributed by atoms with E-state index in [1.54, 1.807) is 0 Å². The van der Waals surface area contributed by atoms with Gasteiger partial charge in [-0.2, -0.15) is 0 Å². The van der Waals surface area contributed by atoms with Gasteiger partial charge in [0.1, 0.15) is 0 Å². The fraction of sp³-hybridized carbons (Fsp3) is 0.769. The molecule has 86 valence electrons. The lowest BCUT2D eigenvalue weighted by Gasteiger charge is -2.10. The summed E-state index contributed by atoms with van der Waals surface area (Å²) >= 11 is 1.85. The molecule has 0 saturated carbocycles. The van der Waals surface area contributed by atoms with E-state index >= 15 is 0 Å². The molecule has 0 aromatic carbocycles. The number of thiazole rings is 1. The van der Waals surface area contributed by atoms with Crippen LogP contribution in [-0.2, 0) is 0 Å². The molecule has 1 aromatic heterocycles. The Morgan fingerprint density at radius 1 is 1.00 bits per heavy atom. The molecular weight excluding hydrogens is 202 g/mol. The first-order chi connectivity index (χ1) is 7.26. The van der Waals surface area contributed by atoms with Crippen LogP contribution in [0.15, 0.2) is 5.38 Å². The quantitative estimate of drug-likeness (QED) is 0.667. The van der Waals surface area contributed by atoms with Crippen molar-refractivity contribution in [2.24, 2.45) is 0 Å². The Hall–Kier alpha value is -0.370. The van der Waals surface area contributed by atoms with E-state index in [9.17, 15) is 0 Å². The van der Waals surface area contributed by atoms with Crippen LogP contribution in [0.3, 0.4) is 0 Å². The summed E-state index contributed by atoms with van der Waals surface area (Å²) < 4.78 is 0. The van der Waals surface area contributed by atoms with Crippen LogP contribution in [0, 0.1) is 0 Å². The van der Waals surface area contributed by atoms with Crippen LogP contribution in [0.1, 0.15) is 75.9 Å². The number of rotatable bonds is 6. The SMILES string of the molecule is CCC(CC)c1csc(C(CC)CC)n1. The molecule has 0 saturated heterocycles. The van der Waals surface area contributed by atoms with Crippen LogP contribution >= 0.6 is 11.3 Å². The van der Waals surface area contributed by atoms with Crippen molar-refractivity contribution in [3.63, 3.8) is 0 Å². The smallest absolute Gasteiger partial charge is 0.0959 e. The van der Waals surface area contributed by atoms with E-state index in [2.05, 4.69) is 33.1 Å². The summed E-state index contributed by atoms with van der Waals surface area (Å²) in [6.07, 6.45) is 4.85. The number of aromatic nitrogens is 1.